The van der Waals surface area contributed by atoms with Crippen LogP contribution in [0.15, 0.2) is 18.7 Å². The largest absolute Gasteiger partial charge is 0.417 e. The number of hydrogen-bond acceptors (Lipinski definition) is 1. The molecule has 2 rings (SSSR count). The van der Waals surface area contributed by atoms with Gasteiger partial charge in [-0.2, -0.15) is 13.2 Å². The lowest BCUT2D eigenvalue weighted by molar-refractivity contribution is -0.266. The van der Waals surface area contributed by atoms with Crippen LogP contribution in [-0.4, -0.2) is 18.4 Å². The molecule has 116 valence electrons. The molecule has 0 spiro atoms. The van der Waals surface area contributed by atoms with E-state index in [1.165, 1.54) is 13.0 Å². The Morgan fingerprint density at radius 3 is 2.43 bits per heavy atom. The van der Waals surface area contributed by atoms with Crippen molar-refractivity contribution in [3.8, 4) is 0 Å². The van der Waals surface area contributed by atoms with Crippen molar-refractivity contribution in [2.45, 2.75) is 31.5 Å². The van der Waals surface area contributed by atoms with Gasteiger partial charge in [0.1, 0.15) is 0 Å². The summed E-state index contributed by atoms with van der Waals surface area (Å²) in [7, 11) is 0. The van der Waals surface area contributed by atoms with Crippen LogP contribution in [0.5, 0.6) is 0 Å². The van der Waals surface area contributed by atoms with E-state index in [2.05, 4.69) is 6.58 Å². The summed E-state index contributed by atoms with van der Waals surface area (Å²) in [6, 6.07) is 2.20. The molecule has 0 saturated carbocycles. The predicted molar refractivity (Wildman–Crippen MR) is 68.8 cm³/mol. The standard InChI is InChI=1S/C15H15F5O/c1-4-9-10(5-6-12(16)13(9)17)11-7-21-14(3,8(11)2)15(18,19)20/h4-6,8,11H,1,7H2,2-3H3/t8-,11-,14+/m1/s1. The zero-order valence-corrected chi connectivity index (χ0v) is 11.6. The lowest BCUT2D eigenvalue weighted by atomic mass is 9.78. The quantitative estimate of drug-likeness (QED) is 0.721. The molecule has 0 unspecified atom stereocenters. The highest BCUT2D eigenvalue weighted by Crippen LogP contribution is 2.50. The van der Waals surface area contributed by atoms with Gasteiger partial charge in [-0.05, 0) is 18.6 Å². The van der Waals surface area contributed by atoms with Crippen LogP contribution in [0, 0.1) is 17.6 Å². The Balaban J connectivity index is 2.47. The van der Waals surface area contributed by atoms with E-state index in [1.54, 1.807) is 0 Å². The molecular weight excluding hydrogens is 291 g/mol. The first-order chi connectivity index (χ1) is 9.63. The second-order valence-corrected chi connectivity index (χ2v) is 5.38. The van der Waals surface area contributed by atoms with Gasteiger partial charge < -0.3 is 4.74 Å². The summed E-state index contributed by atoms with van der Waals surface area (Å²) in [6.07, 6.45) is -3.42. The second kappa shape index (κ2) is 5.09. The number of ether oxygens (including phenoxy) is 1. The summed E-state index contributed by atoms with van der Waals surface area (Å²) in [4.78, 5) is 0. The van der Waals surface area contributed by atoms with Crippen molar-refractivity contribution in [1.29, 1.82) is 0 Å². The molecule has 0 amide bonds. The van der Waals surface area contributed by atoms with Crippen LogP contribution in [0.2, 0.25) is 0 Å². The topological polar surface area (TPSA) is 9.23 Å². The van der Waals surface area contributed by atoms with Crippen LogP contribution in [0.3, 0.4) is 0 Å². The molecule has 0 aromatic heterocycles. The number of rotatable bonds is 2. The Morgan fingerprint density at radius 2 is 1.95 bits per heavy atom. The smallest absolute Gasteiger partial charge is 0.365 e. The fourth-order valence-electron chi connectivity index (χ4n) is 2.73. The van der Waals surface area contributed by atoms with Crippen molar-refractivity contribution in [1.82, 2.24) is 0 Å². The van der Waals surface area contributed by atoms with Gasteiger partial charge >= 0.3 is 6.18 Å². The molecular formula is C15H15F5O. The molecule has 0 radical (unpaired) electrons. The minimum absolute atomic E-state index is 0.109. The van der Waals surface area contributed by atoms with Gasteiger partial charge in [-0.3, -0.25) is 0 Å². The Labute approximate surface area is 119 Å². The normalized spacial score (nSPS) is 29.7. The lowest BCUT2D eigenvalue weighted by Gasteiger charge is -2.32. The van der Waals surface area contributed by atoms with E-state index in [0.717, 1.165) is 19.1 Å². The molecule has 1 aliphatic heterocycles. The Kier molecular flexibility index (Phi) is 3.86. The van der Waals surface area contributed by atoms with E-state index in [1.807, 2.05) is 0 Å². The molecule has 0 N–H and O–H groups in total. The molecule has 1 aliphatic rings. The summed E-state index contributed by atoms with van der Waals surface area (Å²) in [5.74, 6) is -3.77. The number of benzene rings is 1. The second-order valence-electron chi connectivity index (χ2n) is 5.38. The molecule has 3 atom stereocenters. The highest BCUT2D eigenvalue weighted by molar-refractivity contribution is 5.54. The molecule has 1 nitrogen and oxygen atoms in total. The van der Waals surface area contributed by atoms with Gasteiger partial charge in [0.2, 0.25) is 0 Å². The van der Waals surface area contributed by atoms with Crippen LogP contribution >= 0.6 is 0 Å². The summed E-state index contributed by atoms with van der Waals surface area (Å²) in [5, 5.41) is 0. The SMILES string of the molecule is C=Cc1c([C@@H]2CO[C@](C)(C(F)(F)F)[C@@H]2C)ccc(F)c1F. The molecule has 1 aromatic carbocycles. The number of alkyl halides is 3. The van der Waals surface area contributed by atoms with Crippen molar-refractivity contribution in [2.24, 2.45) is 5.92 Å². The first kappa shape index (κ1) is 15.9. The van der Waals surface area contributed by atoms with Crippen LogP contribution in [0.1, 0.15) is 30.9 Å². The van der Waals surface area contributed by atoms with Gasteiger partial charge in [-0.1, -0.05) is 25.6 Å². The van der Waals surface area contributed by atoms with Crippen LogP contribution < -0.4 is 0 Å². The van der Waals surface area contributed by atoms with Crippen LogP contribution in [-0.2, 0) is 4.74 Å². The van der Waals surface area contributed by atoms with E-state index in [0.29, 0.717) is 0 Å². The molecule has 1 heterocycles. The number of halogens is 5. The fourth-order valence-corrected chi connectivity index (χ4v) is 2.73. The van der Waals surface area contributed by atoms with E-state index < -0.39 is 35.2 Å². The molecule has 0 bridgehead atoms. The van der Waals surface area contributed by atoms with E-state index in [4.69, 9.17) is 4.74 Å². The number of hydrogen-bond donors (Lipinski definition) is 0. The first-order valence-electron chi connectivity index (χ1n) is 6.44. The van der Waals surface area contributed by atoms with Gasteiger partial charge in [-0.15, -0.1) is 0 Å². The summed E-state index contributed by atoms with van der Waals surface area (Å²) < 4.78 is 71.4. The Morgan fingerprint density at radius 1 is 1.33 bits per heavy atom. The predicted octanol–water partition coefficient (Wildman–Crippen LogP) is 4.68. The third-order valence-electron chi connectivity index (χ3n) is 4.37. The van der Waals surface area contributed by atoms with Gasteiger partial charge in [0.15, 0.2) is 17.2 Å². The van der Waals surface area contributed by atoms with Crippen molar-refractivity contribution < 1.29 is 26.7 Å². The third kappa shape index (κ3) is 2.35. The molecule has 1 aromatic rings. The maximum Gasteiger partial charge on any atom is 0.417 e. The molecule has 0 aliphatic carbocycles. The molecule has 1 fully saturated rings. The van der Waals surface area contributed by atoms with Crippen molar-refractivity contribution >= 4 is 6.08 Å². The highest BCUT2D eigenvalue weighted by atomic mass is 19.4. The third-order valence-corrected chi connectivity index (χ3v) is 4.37. The van der Waals surface area contributed by atoms with Crippen molar-refractivity contribution in [3.05, 3.63) is 41.5 Å². The molecule has 6 heteroatoms. The molecule has 1 saturated heterocycles. The van der Waals surface area contributed by atoms with E-state index >= 15 is 0 Å². The van der Waals surface area contributed by atoms with Gasteiger partial charge in [0, 0.05) is 17.4 Å². The van der Waals surface area contributed by atoms with Crippen molar-refractivity contribution in [3.63, 3.8) is 0 Å². The minimum atomic E-state index is -4.53. The average Bonchev–Trinajstić information content (AvgIpc) is 2.70. The highest BCUT2D eigenvalue weighted by Gasteiger charge is 2.61. The van der Waals surface area contributed by atoms with Crippen LogP contribution in [0.4, 0.5) is 22.0 Å². The Hall–Kier alpha value is -1.43. The summed E-state index contributed by atoms with van der Waals surface area (Å²) in [5.41, 5.74) is -2.13. The zero-order chi connectivity index (χ0) is 16.0. The summed E-state index contributed by atoms with van der Waals surface area (Å²) in [6.45, 7) is 5.58. The monoisotopic (exact) mass is 306 g/mol. The van der Waals surface area contributed by atoms with E-state index in [-0.39, 0.29) is 17.7 Å². The van der Waals surface area contributed by atoms with Crippen molar-refractivity contribution in [2.75, 3.05) is 6.61 Å². The Bertz CT molecular complexity index is 566. The zero-order valence-electron chi connectivity index (χ0n) is 11.6. The maximum atomic E-state index is 13.8. The van der Waals surface area contributed by atoms with Crippen LogP contribution in [0.25, 0.3) is 6.08 Å². The minimum Gasteiger partial charge on any atom is -0.365 e. The first-order valence-corrected chi connectivity index (χ1v) is 6.44. The van der Waals surface area contributed by atoms with E-state index in [9.17, 15) is 22.0 Å². The van der Waals surface area contributed by atoms with Gasteiger partial charge in [-0.25, -0.2) is 8.78 Å². The molecule has 21 heavy (non-hydrogen) atoms. The maximum absolute atomic E-state index is 13.8. The summed E-state index contributed by atoms with van der Waals surface area (Å²) >= 11 is 0. The van der Waals surface area contributed by atoms with Gasteiger partial charge in [0.05, 0.1) is 6.61 Å². The lowest BCUT2D eigenvalue weighted by Crippen LogP contribution is -2.46. The fraction of sp³-hybridized carbons (Fsp3) is 0.467. The van der Waals surface area contributed by atoms with Gasteiger partial charge in [0.25, 0.3) is 0 Å². The average molecular weight is 306 g/mol.